The van der Waals surface area contributed by atoms with E-state index in [1.165, 1.54) is 0 Å². The number of nitrogens with one attached hydrogen (secondary N) is 2. The molecule has 3 aliphatic rings. The van der Waals surface area contributed by atoms with Crippen molar-refractivity contribution in [1.82, 2.24) is 5.43 Å². The van der Waals surface area contributed by atoms with Crippen LogP contribution in [0.25, 0.3) is 0 Å². The molecule has 0 unspecified atom stereocenters. The molecule has 3 aliphatic carbocycles. The molecule has 3 rings (SSSR count). The first-order valence-corrected chi connectivity index (χ1v) is 8.05. The third kappa shape index (κ3) is 4.71. The lowest BCUT2D eigenvalue weighted by molar-refractivity contribution is 0.787. The van der Waals surface area contributed by atoms with Crippen LogP contribution >= 0.6 is 0 Å². The van der Waals surface area contributed by atoms with E-state index >= 15 is 0 Å². The summed E-state index contributed by atoms with van der Waals surface area (Å²) in [4.78, 5) is 0. The lowest BCUT2D eigenvalue weighted by Crippen LogP contribution is -2.14. The number of hydrogen-bond acceptors (Lipinski definition) is 5. The Morgan fingerprint density at radius 1 is 0.826 bits per heavy atom. The molecule has 0 aromatic carbocycles. The number of hydrogen-bond donors (Lipinski definition) is 2. The van der Waals surface area contributed by atoms with Crippen LogP contribution in [0, 0.1) is 5.41 Å². The van der Waals surface area contributed by atoms with E-state index in [0.29, 0.717) is 5.71 Å². The molecule has 118 valence electrons. The average molecular weight is 307 g/mol. The SMILES string of the molecule is N=C1C=CC(=NN=C2C=CC(=NNC3=CC=CCC3)CC2)CC1. The third-order valence-corrected chi connectivity index (χ3v) is 3.90. The normalized spacial score (nSPS) is 26.2. The summed E-state index contributed by atoms with van der Waals surface area (Å²) in [5, 5.41) is 20.6. The number of allylic oxidation sites excluding steroid dienone is 8. The molecule has 0 heterocycles. The molecule has 0 bridgehead atoms. The lowest BCUT2D eigenvalue weighted by atomic mass is 10.0. The maximum atomic E-state index is 7.53. The Hall–Kier alpha value is -2.56. The molecule has 0 aromatic heterocycles. The Bertz CT molecular complexity index is 686. The van der Waals surface area contributed by atoms with Gasteiger partial charge in [0.2, 0.25) is 0 Å². The zero-order valence-electron chi connectivity index (χ0n) is 13.1. The summed E-state index contributed by atoms with van der Waals surface area (Å²) in [6.45, 7) is 0. The molecule has 0 aromatic rings. The van der Waals surface area contributed by atoms with Crippen LogP contribution in [-0.4, -0.2) is 22.8 Å². The van der Waals surface area contributed by atoms with Crippen LogP contribution in [0.5, 0.6) is 0 Å². The van der Waals surface area contributed by atoms with Crippen molar-refractivity contribution in [1.29, 1.82) is 5.41 Å². The van der Waals surface area contributed by atoms with Crippen molar-refractivity contribution in [2.45, 2.75) is 38.5 Å². The van der Waals surface area contributed by atoms with Crippen molar-refractivity contribution >= 4 is 22.8 Å². The van der Waals surface area contributed by atoms with Gasteiger partial charge >= 0.3 is 0 Å². The summed E-state index contributed by atoms with van der Waals surface area (Å²) in [6, 6.07) is 0. The molecule has 0 saturated carbocycles. The van der Waals surface area contributed by atoms with E-state index in [4.69, 9.17) is 5.41 Å². The quantitative estimate of drug-likeness (QED) is 0.767. The Morgan fingerprint density at radius 2 is 1.52 bits per heavy atom. The molecule has 0 aliphatic heterocycles. The first-order valence-electron chi connectivity index (χ1n) is 8.05. The lowest BCUT2D eigenvalue weighted by Gasteiger charge is -2.11. The zero-order chi connectivity index (χ0) is 15.9. The minimum Gasteiger partial charge on any atom is -0.305 e. The molecular formula is C18H21N5. The molecule has 0 atom stereocenters. The number of nitrogens with zero attached hydrogens (tertiary/aromatic N) is 3. The van der Waals surface area contributed by atoms with Crippen molar-refractivity contribution in [3.8, 4) is 0 Å². The summed E-state index contributed by atoms with van der Waals surface area (Å²) in [5.41, 5.74) is 7.93. The standard InChI is InChI=1S/C18H21N5/c19-14-6-8-16(9-7-14)21-23-18-12-10-17(11-13-18)22-20-15-4-2-1-3-5-15/h1-2,4,6,8,10,12,19-20H,3,5,7,9,11,13H2. The van der Waals surface area contributed by atoms with Gasteiger partial charge in [-0.2, -0.15) is 15.3 Å². The summed E-state index contributed by atoms with van der Waals surface area (Å²) >= 11 is 0. The molecule has 0 saturated heterocycles. The zero-order valence-corrected chi connectivity index (χ0v) is 13.1. The van der Waals surface area contributed by atoms with Crippen LogP contribution in [0.1, 0.15) is 38.5 Å². The average Bonchev–Trinajstić information content (AvgIpc) is 2.61. The maximum Gasteiger partial charge on any atom is 0.0635 e. The summed E-state index contributed by atoms with van der Waals surface area (Å²) in [7, 11) is 0. The topological polar surface area (TPSA) is 73.0 Å². The molecule has 0 amide bonds. The molecule has 23 heavy (non-hydrogen) atoms. The van der Waals surface area contributed by atoms with Crippen molar-refractivity contribution < 1.29 is 0 Å². The van der Waals surface area contributed by atoms with Crippen LogP contribution in [-0.2, 0) is 0 Å². The Morgan fingerprint density at radius 3 is 2.13 bits per heavy atom. The molecule has 2 N–H and O–H groups in total. The van der Waals surface area contributed by atoms with E-state index < -0.39 is 0 Å². The first-order chi connectivity index (χ1) is 11.3. The third-order valence-electron chi connectivity index (χ3n) is 3.90. The van der Waals surface area contributed by atoms with Gasteiger partial charge in [-0.3, -0.25) is 5.43 Å². The predicted octanol–water partition coefficient (Wildman–Crippen LogP) is 3.68. The maximum absolute atomic E-state index is 7.53. The highest BCUT2D eigenvalue weighted by Crippen LogP contribution is 2.11. The van der Waals surface area contributed by atoms with Crippen molar-refractivity contribution in [3.63, 3.8) is 0 Å². The van der Waals surface area contributed by atoms with Crippen LogP contribution in [0.4, 0.5) is 0 Å². The van der Waals surface area contributed by atoms with Gasteiger partial charge in [0, 0.05) is 11.4 Å². The van der Waals surface area contributed by atoms with Gasteiger partial charge in [-0.15, -0.1) is 0 Å². The van der Waals surface area contributed by atoms with Crippen LogP contribution in [0.3, 0.4) is 0 Å². The van der Waals surface area contributed by atoms with Crippen LogP contribution in [0.15, 0.2) is 63.5 Å². The monoisotopic (exact) mass is 307 g/mol. The fourth-order valence-electron chi connectivity index (χ4n) is 2.47. The van der Waals surface area contributed by atoms with Crippen LogP contribution < -0.4 is 5.43 Å². The smallest absolute Gasteiger partial charge is 0.0635 e. The minimum atomic E-state index is 0.658. The van der Waals surface area contributed by atoms with E-state index in [1.807, 2.05) is 18.2 Å². The first kappa shape index (κ1) is 15.3. The second-order valence-corrected chi connectivity index (χ2v) is 5.75. The second-order valence-electron chi connectivity index (χ2n) is 5.75. The Balaban J connectivity index is 1.57. The fourth-order valence-corrected chi connectivity index (χ4v) is 2.47. The highest BCUT2D eigenvalue weighted by atomic mass is 15.3. The molecule has 0 radical (unpaired) electrons. The summed E-state index contributed by atoms with van der Waals surface area (Å²) in [5.74, 6) is 0. The van der Waals surface area contributed by atoms with Gasteiger partial charge in [-0.05, 0) is 68.9 Å². The molecule has 5 heteroatoms. The van der Waals surface area contributed by atoms with Gasteiger partial charge in [-0.25, -0.2) is 0 Å². The van der Waals surface area contributed by atoms with E-state index in [1.54, 1.807) is 6.08 Å². The van der Waals surface area contributed by atoms with Gasteiger partial charge in [0.1, 0.15) is 0 Å². The van der Waals surface area contributed by atoms with Gasteiger partial charge in [0.05, 0.1) is 17.1 Å². The van der Waals surface area contributed by atoms with Crippen molar-refractivity contribution in [3.05, 3.63) is 48.2 Å². The highest BCUT2D eigenvalue weighted by molar-refractivity contribution is 6.10. The second kappa shape index (κ2) is 7.63. The molecule has 0 spiro atoms. The van der Waals surface area contributed by atoms with E-state index in [0.717, 1.165) is 61.4 Å². The minimum absolute atomic E-state index is 0.658. The molecule has 5 nitrogen and oxygen atoms in total. The van der Waals surface area contributed by atoms with E-state index in [2.05, 4.69) is 39.0 Å². The van der Waals surface area contributed by atoms with E-state index in [-0.39, 0.29) is 0 Å². The van der Waals surface area contributed by atoms with Crippen molar-refractivity contribution in [2.24, 2.45) is 15.3 Å². The van der Waals surface area contributed by atoms with Gasteiger partial charge in [-0.1, -0.05) is 12.2 Å². The molecular weight excluding hydrogens is 286 g/mol. The number of rotatable bonds is 3. The van der Waals surface area contributed by atoms with Gasteiger partial charge < -0.3 is 5.41 Å². The number of hydrazone groups is 1. The van der Waals surface area contributed by atoms with Gasteiger partial charge in [0.25, 0.3) is 0 Å². The molecule has 0 fully saturated rings. The Labute approximate surface area is 136 Å². The summed E-state index contributed by atoms with van der Waals surface area (Å²) in [6.07, 6.45) is 19.3. The highest BCUT2D eigenvalue weighted by Gasteiger charge is 2.08. The van der Waals surface area contributed by atoms with Crippen LogP contribution in [0.2, 0.25) is 0 Å². The summed E-state index contributed by atoms with van der Waals surface area (Å²) < 4.78 is 0. The fraction of sp³-hybridized carbons (Fsp3) is 0.333. The van der Waals surface area contributed by atoms with Crippen molar-refractivity contribution in [2.75, 3.05) is 0 Å². The van der Waals surface area contributed by atoms with E-state index in [9.17, 15) is 0 Å². The largest absolute Gasteiger partial charge is 0.305 e. The Kier molecular flexibility index (Phi) is 5.09. The predicted molar refractivity (Wildman–Crippen MR) is 96.4 cm³/mol. The van der Waals surface area contributed by atoms with Gasteiger partial charge in [0.15, 0.2) is 0 Å².